The summed E-state index contributed by atoms with van der Waals surface area (Å²) in [5, 5.41) is 6.20. The van der Waals surface area contributed by atoms with E-state index < -0.39 is 0 Å². The molecule has 158 valence electrons. The molecular formula is C21H25N4O3S2+. The molecule has 1 aromatic carbocycles. The van der Waals surface area contributed by atoms with Gasteiger partial charge in [0.2, 0.25) is 5.03 Å². The molecule has 0 aliphatic carbocycles. The van der Waals surface area contributed by atoms with Gasteiger partial charge in [0.1, 0.15) is 10.8 Å². The Morgan fingerprint density at radius 3 is 2.73 bits per heavy atom. The molecule has 9 heteroatoms. The van der Waals surface area contributed by atoms with Gasteiger partial charge >= 0.3 is 0 Å². The van der Waals surface area contributed by atoms with Gasteiger partial charge in [0, 0.05) is 45.5 Å². The molecule has 0 bridgehead atoms. The number of hydrogen-bond donors (Lipinski definition) is 2. The van der Waals surface area contributed by atoms with Crippen LogP contribution in [0.2, 0.25) is 0 Å². The first kappa shape index (κ1) is 21.0. The number of methoxy groups -OCH3 is 3. The molecule has 3 heterocycles. The third-order valence-electron chi connectivity index (χ3n) is 5.10. The highest BCUT2D eigenvalue weighted by Gasteiger charge is 2.30. The Bertz CT molecular complexity index is 1100. The number of nitrogens with zero attached hydrogens (tertiary/aromatic N) is 2. The van der Waals surface area contributed by atoms with Crippen LogP contribution in [-0.2, 0) is 22.1 Å². The molecule has 1 atom stereocenters. The summed E-state index contributed by atoms with van der Waals surface area (Å²) in [5.41, 5.74) is 4.78. The summed E-state index contributed by atoms with van der Waals surface area (Å²) in [6.07, 6.45) is 1.46. The zero-order chi connectivity index (χ0) is 21.3. The SMILES string of the molecule is CNc1c(-c2cccnc2[SH2+])c(OC)cc2cc(C3=NCC(C(OC)OC)S3)[nH]c12. The fourth-order valence-corrected chi connectivity index (χ4v) is 5.17. The van der Waals surface area contributed by atoms with Crippen LogP contribution in [0.15, 0.2) is 40.5 Å². The van der Waals surface area contributed by atoms with Gasteiger partial charge in [0.05, 0.1) is 46.9 Å². The fraction of sp³-hybridized carbons (Fsp3) is 0.333. The molecule has 1 aliphatic rings. The lowest BCUT2D eigenvalue weighted by atomic mass is 10.0. The second-order valence-electron chi connectivity index (χ2n) is 6.77. The first-order valence-electron chi connectivity index (χ1n) is 9.46. The summed E-state index contributed by atoms with van der Waals surface area (Å²) in [5.74, 6) is 0.766. The second kappa shape index (κ2) is 8.89. The molecule has 3 aromatic rings. The molecule has 1 unspecified atom stereocenters. The number of benzene rings is 1. The van der Waals surface area contributed by atoms with E-state index in [0.29, 0.717) is 6.54 Å². The predicted octanol–water partition coefficient (Wildman–Crippen LogP) is 3.13. The molecule has 0 saturated carbocycles. The summed E-state index contributed by atoms with van der Waals surface area (Å²) in [7, 11) is 6.89. The van der Waals surface area contributed by atoms with Crippen molar-refractivity contribution in [3.8, 4) is 16.9 Å². The highest BCUT2D eigenvalue weighted by molar-refractivity contribution is 8.15. The number of anilines is 1. The van der Waals surface area contributed by atoms with Gasteiger partial charge in [0.15, 0.2) is 6.29 Å². The third kappa shape index (κ3) is 3.66. The standard InChI is InChI=1S/C21H24N4O3S2/c1-22-18-16(12-6-5-7-23-19(12)29)14(26-2)9-11-8-13(25-17(11)18)20-24-10-15(30-20)21(27-3)28-4/h5-9,15,21-22,25H,10H2,1-4H3,(H,23,29)/p+1. The number of pyridine rings is 1. The molecule has 4 rings (SSSR count). The number of thioether (sulfide) groups is 1. The number of aliphatic imine (C=N–C) groups is 1. The average molecular weight is 446 g/mol. The molecule has 0 fully saturated rings. The number of aromatic nitrogens is 2. The van der Waals surface area contributed by atoms with Crippen molar-refractivity contribution < 1.29 is 14.2 Å². The van der Waals surface area contributed by atoms with E-state index in [4.69, 9.17) is 19.2 Å². The largest absolute Gasteiger partial charge is 0.496 e. The van der Waals surface area contributed by atoms with Gasteiger partial charge in [0.25, 0.3) is 0 Å². The van der Waals surface area contributed by atoms with Gasteiger partial charge in [-0.2, -0.15) is 0 Å². The van der Waals surface area contributed by atoms with Crippen molar-refractivity contribution in [2.75, 3.05) is 40.2 Å². The van der Waals surface area contributed by atoms with Crippen LogP contribution >= 0.6 is 11.8 Å². The van der Waals surface area contributed by atoms with Crippen LogP contribution in [0, 0.1) is 0 Å². The summed E-state index contributed by atoms with van der Waals surface area (Å²) in [6.45, 7) is 0.650. The molecule has 0 saturated heterocycles. The first-order chi connectivity index (χ1) is 14.6. The van der Waals surface area contributed by atoms with Crippen LogP contribution in [0.25, 0.3) is 22.0 Å². The van der Waals surface area contributed by atoms with E-state index in [9.17, 15) is 0 Å². The molecule has 2 N–H and O–H groups in total. The molecule has 2 aromatic heterocycles. The number of aromatic amines is 1. The maximum Gasteiger partial charge on any atom is 0.250 e. The first-order valence-corrected chi connectivity index (χ1v) is 10.8. The predicted molar refractivity (Wildman–Crippen MR) is 127 cm³/mol. The topological polar surface area (TPSA) is 80.8 Å². The molecule has 1 aliphatic heterocycles. The summed E-state index contributed by atoms with van der Waals surface area (Å²) < 4.78 is 16.6. The number of H-pyrrole nitrogens is 1. The highest BCUT2D eigenvalue weighted by atomic mass is 32.2. The van der Waals surface area contributed by atoms with Crippen LogP contribution in [0.1, 0.15) is 5.69 Å². The zero-order valence-corrected chi connectivity index (χ0v) is 19.1. The van der Waals surface area contributed by atoms with Gasteiger partial charge in [-0.15, -0.1) is 0 Å². The van der Waals surface area contributed by atoms with Crippen LogP contribution < -0.4 is 10.1 Å². The van der Waals surface area contributed by atoms with E-state index in [-0.39, 0.29) is 11.5 Å². The monoisotopic (exact) mass is 445 g/mol. The molecule has 30 heavy (non-hydrogen) atoms. The van der Waals surface area contributed by atoms with Gasteiger partial charge in [-0.05, 0) is 24.3 Å². The lowest BCUT2D eigenvalue weighted by Gasteiger charge is -2.18. The van der Waals surface area contributed by atoms with Gasteiger partial charge in [-0.1, -0.05) is 11.8 Å². The van der Waals surface area contributed by atoms with Crippen LogP contribution in [0.5, 0.6) is 5.75 Å². The molecule has 0 radical (unpaired) electrons. The lowest BCUT2D eigenvalue weighted by molar-refractivity contribution is -0.0994. The quantitative estimate of drug-likeness (QED) is 0.430. The maximum atomic E-state index is 5.75. The summed E-state index contributed by atoms with van der Waals surface area (Å²) in [6, 6.07) is 8.06. The van der Waals surface area contributed by atoms with E-state index in [0.717, 1.165) is 49.2 Å². The van der Waals surface area contributed by atoms with Crippen LogP contribution in [0.4, 0.5) is 5.69 Å². The van der Waals surface area contributed by atoms with E-state index >= 15 is 0 Å². The molecule has 7 nitrogen and oxygen atoms in total. The number of hydrogen-bond acceptors (Lipinski definition) is 7. The molecule has 0 amide bonds. The van der Waals surface area contributed by atoms with Crippen molar-refractivity contribution in [2.24, 2.45) is 4.99 Å². The normalized spacial score (nSPS) is 16.3. The maximum absolute atomic E-state index is 5.75. The number of ether oxygens (including phenoxy) is 3. The fourth-order valence-electron chi connectivity index (χ4n) is 3.73. The third-order valence-corrected chi connectivity index (χ3v) is 6.75. The molecule has 0 spiro atoms. The Morgan fingerprint density at radius 1 is 1.27 bits per heavy atom. The average Bonchev–Trinajstić information content (AvgIpc) is 3.41. The number of rotatable bonds is 7. The zero-order valence-electron chi connectivity index (χ0n) is 17.3. The molecular weight excluding hydrogens is 420 g/mol. The minimum absolute atomic E-state index is 0.126. The minimum atomic E-state index is -0.289. The van der Waals surface area contributed by atoms with Gasteiger partial charge in [-0.25, -0.2) is 4.98 Å². The van der Waals surface area contributed by atoms with E-state index in [2.05, 4.69) is 34.0 Å². The van der Waals surface area contributed by atoms with Crippen LogP contribution in [-0.4, -0.2) is 61.5 Å². The Morgan fingerprint density at radius 2 is 2.07 bits per heavy atom. The number of fused-ring (bicyclic) bond motifs is 1. The van der Waals surface area contributed by atoms with Crippen molar-refractivity contribution in [1.29, 1.82) is 0 Å². The second-order valence-corrected chi connectivity index (χ2v) is 8.47. The van der Waals surface area contributed by atoms with Crippen molar-refractivity contribution in [2.45, 2.75) is 16.6 Å². The Labute approximate surface area is 185 Å². The van der Waals surface area contributed by atoms with Gasteiger partial charge in [-0.3, -0.25) is 4.99 Å². The minimum Gasteiger partial charge on any atom is -0.496 e. The van der Waals surface area contributed by atoms with Gasteiger partial charge < -0.3 is 24.5 Å². The Hall–Kier alpha value is -2.20. The number of nitrogens with one attached hydrogen (secondary N) is 2. The van der Waals surface area contributed by atoms with Crippen molar-refractivity contribution in [3.63, 3.8) is 0 Å². The van der Waals surface area contributed by atoms with E-state index in [1.54, 1.807) is 39.3 Å². The van der Waals surface area contributed by atoms with Crippen LogP contribution in [0.3, 0.4) is 0 Å². The van der Waals surface area contributed by atoms with Crippen molar-refractivity contribution in [1.82, 2.24) is 9.97 Å². The van der Waals surface area contributed by atoms with Crippen molar-refractivity contribution >= 4 is 46.0 Å². The summed E-state index contributed by atoms with van der Waals surface area (Å²) in [4.78, 5) is 12.6. The highest BCUT2D eigenvalue weighted by Crippen LogP contribution is 2.43. The summed E-state index contributed by atoms with van der Waals surface area (Å²) >= 11 is 5.29. The Balaban J connectivity index is 1.80. The van der Waals surface area contributed by atoms with Crippen molar-refractivity contribution in [3.05, 3.63) is 36.2 Å². The smallest absolute Gasteiger partial charge is 0.250 e. The lowest BCUT2D eigenvalue weighted by Crippen LogP contribution is -2.28. The van der Waals surface area contributed by atoms with E-state index in [1.807, 2.05) is 25.2 Å². The van der Waals surface area contributed by atoms with E-state index in [1.165, 1.54) is 0 Å². The Kier molecular flexibility index (Phi) is 6.24.